The molecule has 3 N–H and O–H groups in total. The van der Waals surface area contributed by atoms with Gasteiger partial charge >= 0.3 is 0 Å². The number of anilines is 2. The second-order valence-electron chi connectivity index (χ2n) is 3.65. The van der Waals surface area contributed by atoms with Crippen molar-refractivity contribution < 1.29 is 4.79 Å². The van der Waals surface area contributed by atoms with Gasteiger partial charge in [0.05, 0.1) is 12.6 Å². The zero-order chi connectivity index (χ0) is 12.4. The van der Waals surface area contributed by atoms with Crippen molar-refractivity contribution in [3.05, 3.63) is 29.3 Å². The van der Waals surface area contributed by atoms with Crippen LogP contribution in [0.4, 0.5) is 11.6 Å². The number of hydrogen-bond acceptors (Lipinski definition) is 5. The van der Waals surface area contributed by atoms with Crippen LogP contribution in [-0.2, 0) is 7.05 Å². The number of nitrogen functional groups attached to an aromatic ring is 1. The molecule has 0 saturated heterocycles. The molecule has 17 heavy (non-hydrogen) atoms. The number of rotatable bonds is 2. The predicted molar refractivity (Wildman–Crippen MR) is 62.3 cm³/mol. The molecule has 0 fully saturated rings. The number of benzene rings is 1. The number of hydrogen-bond donors (Lipinski definition) is 2. The Morgan fingerprint density at radius 3 is 2.88 bits per heavy atom. The first-order valence-electron chi connectivity index (χ1n) is 4.98. The smallest absolute Gasteiger partial charge is 0.270 e. The van der Waals surface area contributed by atoms with E-state index in [-0.39, 0.29) is 11.9 Å². The first kappa shape index (κ1) is 11.1. The van der Waals surface area contributed by atoms with Gasteiger partial charge < -0.3 is 5.73 Å². The minimum atomic E-state index is -0.348. The SMILES string of the molecule is Cc1ccc(N)c(C(=O)Nc2nnn(C)n2)c1. The van der Waals surface area contributed by atoms with Crippen molar-refractivity contribution in [1.29, 1.82) is 0 Å². The van der Waals surface area contributed by atoms with Crippen molar-refractivity contribution in [2.45, 2.75) is 6.92 Å². The van der Waals surface area contributed by atoms with Gasteiger partial charge in [-0.15, -0.1) is 5.10 Å². The molecule has 0 aliphatic carbocycles. The molecule has 0 aliphatic heterocycles. The molecule has 1 heterocycles. The third kappa shape index (κ3) is 2.39. The molecule has 0 bridgehead atoms. The van der Waals surface area contributed by atoms with Crippen molar-refractivity contribution in [3.63, 3.8) is 0 Å². The average molecular weight is 232 g/mol. The van der Waals surface area contributed by atoms with Crippen molar-refractivity contribution in [2.75, 3.05) is 11.1 Å². The molecule has 1 aromatic heterocycles. The number of aryl methyl sites for hydroxylation is 2. The summed E-state index contributed by atoms with van der Waals surface area (Å²) >= 11 is 0. The van der Waals surface area contributed by atoms with Crippen LogP contribution in [0.3, 0.4) is 0 Å². The molecule has 0 aliphatic rings. The van der Waals surface area contributed by atoms with Crippen LogP contribution in [-0.4, -0.2) is 26.1 Å². The largest absolute Gasteiger partial charge is 0.398 e. The predicted octanol–water partition coefficient (Wildman–Crippen LogP) is 0.353. The number of carbonyl (C=O) groups excluding carboxylic acids is 1. The van der Waals surface area contributed by atoms with Crippen LogP contribution in [0, 0.1) is 6.92 Å². The molecule has 2 rings (SSSR count). The summed E-state index contributed by atoms with van der Waals surface area (Å²) in [5.41, 5.74) is 7.50. The van der Waals surface area contributed by atoms with E-state index in [4.69, 9.17) is 5.73 Å². The minimum absolute atomic E-state index is 0.151. The fourth-order valence-corrected chi connectivity index (χ4v) is 1.37. The molecule has 0 saturated carbocycles. The van der Waals surface area contributed by atoms with Crippen LogP contribution in [0.2, 0.25) is 0 Å². The summed E-state index contributed by atoms with van der Waals surface area (Å²) in [5, 5.41) is 13.6. The van der Waals surface area contributed by atoms with E-state index in [2.05, 4.69) is 20.7 Å². The van der Waals surface area contributed by atoms with Crippen molar-refractivity contribution >= 4 is 17.5 Å². The van der Waals surface area contributed by atoms with Gasteiger partial charge in [-0.3, -0.25) is 10.1 Å². The molecule has 0 atom stereocenters. The Morgan fingerprint density at radius 2 is 2.24 bits per heavy atom. The van der Waals surface area contributed by atoms with Gasteiger partial charge in [-0.2, -0.15) is 4.80 Å². The minimum Gasteiger partial charge on any atom is -0.398 e. The van der Waals surface area contributed by atoms with Gasteiger partial charge in [-0.25, -0.2) is 0 Å². The van der Waals surface area contributed by atoms with Gasteiger partial charge in [0, 0.05) is 5.69 Å². The fourth-order valence-electron chi connectivity index (χ4n) is 1.37. The molecule has 1 aromatic carbocycles. The molecule has 1 amide bonds. The van der Waals surface area contributed by atoms with E-state index in [1.54, 1.807) is 19.2 Å². The number of aromatic nitrogens is 4. The van der Waals surface area contributed by atoms with Gasteiger partial charge in [0.15, 0.2) is 0 Å². The van der Waals surface area contributed by atoms with Crippen LogP contribution in [0.15, 0.2) is 18.2 Å². The normalized spacial score (nSPS) is 10.2. The Morgan fingerprint density at radius 1 is 1.47 bits per heavy atom. The summed E-state index contributed by atoms with van der Waals surface area (Å²) in [6.07, 6.45) is 0. The maximum absolute atomic E-state index is 11.9. The fraction of sp³-hybridized carbons (Fsp3) is 0.200. The van der Waals surface area contributed by atoms with E-state index < -0.39 is 0 Å². The topological polar surface area (TPSA) is 98.7 Å². The van der Waals surface area contributed by atoms with Gasteiger partial charge in [-0.1, -0.05) is 16.7 Å². The molecule has 7 nitrogen and oxygen atoms in total. The van der Waals surface area contributed by atoms with Gasteiger partial charge in [0.2, 0.25) is 0 Å². The summed E-state index contributed by atoms with van der Waals surface area (Å²) < 4.78 is 0. The van der Waals surface area contributed by atoms with Gasteiger partial charge in [0.25, 0.3) is 11.9 Å². The standard InChI is InChI=1S/C10H12N6O/c1-6-3-4-8(11)7(5-6)9(17)12-10-13-15-16(2)14-10/h3-5H,11H2,1-2H3,(H,12,14,17). The number of carbonyl (C=O) groups is 1. The summed E-state index contributed by atoms with van der Waals surface area (Å²) in [6.45, 7) is 1.89. The van der Waals surface area contributed by atoms with Crippen LogP contribution in [0.1, 0.15) is 15.9 Å². The molecular weight excluding hydrogens is 220 g/mol. The van der Waals surface area contributed by atoms with E-state index in [0.717, 1.165) is 5.56 Å². The average Bonchev–Trinajstić information content (AvgIpc) is 2.67. The Kier molecular flexibility index (Phi) is 2.73. The lowest BCUT2D eigenvalue weighted by Crippen LogP contribution is -2.15. The summed E-state index contributed by atoms with van der Waals surface area (Å²) in [4.78, 5) is 13.1. The Labute approximate surface area is 97.6 Å². The van der Waals surface area contributed by atoms with Crippen LogP contribution in [0.25, 0.3) is 0 Å². The maximum atomic E-state index is 11.9. The highest BCUT2D eigenvalue weighted by molar-refractivity contribution is 6.07. The number of nitrogens with one attached hydrogen (secondary N) is 1. The van der Waals surface area contributed by atoms with Gasteiger partial charge in [0.1, 0.15) is 0 Å². The maximum Gasteiger partial charge on any atom is 0.270 e. The molecule has 88 valence electrons. The van der Waals surface area contributed by atoms with Crippen molar-refractivity contribution in [1.82, 2.24) is 20.2 Å². The molecule has 0 unspecified atom stereocenters. The lowest BCUT2D eigenvalue weighted by atomic mass is 10.1. The number of tetrazole rings is 1. The highest BCUT2D eigenvalue weighted by Crippen LogP contribution is 2.14. The zero-order valence-electron chi connectivity index (χ0n) is 9.51. The zero-order valence-corrected chi connectivity index (χ0v) is 9.51. The van der Waals surface area contributed by atoms with E-state index in [0.29, 0.717) is 11.3 Å². The Bertz CT molecular complexity index is 562. The monoisotopic (exact) mass is 232 g/mol. The first-order valence-corrected chi connectivity index (χ1v) is 4.98. The first-order chi connectivity index (χ1) is 8.06. The van der Waals surface area contributed by atoms with Crippen molar-refractivity contribution in [2.24, 2.45) is 7.05 Å². The summed E-state index contributed by atoms with van der Waals surface area (Å²) in [7, 11) is 1.61. The third-order valence-electron chi connectivity index (χ3n) is 2.19. The summed E-state index contributed by atoms with van der Waals surface area (Å²) in [6, 6.07) is 5.24. The van der Waals surface area contributed by atoms with Gasteiger partial charge in [-0.05, 0) is 24.3 Å². The van der Waals surface area contributed by atoms with E-state index in [9.17, 15) is 4.79 Å². The lowest BCUT2D eigenvalue weighted by molar-refractivity contribution is 0.102. The van der Waals surface area contributed by atoms with E-state index in [1.807, 2.05) is 13.0 Å². The molecule has 2 aromatic rings. The molecular formula is C10H12N6O. The van der Waals surface area contributed by atoms with Crippen LogP contribution >= 0.6 is 0 Å². The highest BCUT2D eigenvalue weighted by Gasteiger charge is 2.12. The van der Waals surface area contributed by atoms with Crippen LogP contribution in [0.5, 0.6) is 0 Å². The molecule has 0 radical (unpaired) electrons. The van der Waals surface area contributed by atoms with E-state index in [1.165, 1.54) is 4.80 Å². The quantitative estimate of drug-likeness (QED) is 0.728. The number of nitrogens with zero attached hydrogens (tertiary/aromatic N) is 4. The second-order valence-corrected chi connectivity index (χ2v) is 3.65. The Hall–Kier alpha value is -2.44. The molecule has 0 spiro atoms. The lowest BCUT2D eigenvalue weighted by Gasteiger charge is -2.05. The second kappa shape index (κ2) is 4.20. The number of nitrogens with two attached hydrogens (primary N) is 1. The third-order valence-corrected chi connectivity index (χ3v) is 2.19. The van der Waals surface area contributed by atoms with Crippen molar-refractivity contribution in [3.8, 4) is 0 Å². The number of amides is 1. The Balaban J connectivity index is 2.22. The van der Waals surface area contributed by atoms with E-state index >= 15 is 0 Å². The summed E-state index contributed by atoms with van der Waals surface area (Å²) in [5.74, 6) is -0.197. The van der Waals surface area contributed by atoms with Crippen LogP contribution < -0.4 is 11.1 Å². The highest BCUT2D eigenvalue weighted by atomic mass is 16.1. The molecule has 7 heteroatoms.